The van der Waals surface area contributed by atoms with E-state index in [-0.39, 0.29) is 30.1 Å². The van der Waals surface area contributed by atoms with Crippen LogP contribution < -0.4 is 0 Å². The molecule has 0 aromatic carbocycles. The molecule has 3 N–H and O–H groups in total. The lowest BCUT2D eigenvalue weighted by Crippen LogP contribution is -2.64. The molecule has 5 nitrogen and oxygen atoms in total. The molecule has 0 aromatic heterocycles. The third-order valence-electron chi connectivity index (χ3n) is 7.25. The Bertz CT molecular complexity index is 654. The largest absolute Gasteiger partial charge is 0.481 e. The van der Waals surface area contributed by atoms with Crippen LogP contribution in [0.3, 0.4) is 0 Å². The number of carboxylic acids is 1. The molecule has 0 saturated heterocycles. The first-order valence-corrected chi connectivity index (χ1v) is 10.8. The van der Waals surface area contributed by atoms with Crippen molar-refractivity contribution in [2.75, 3.05) is 7.11 Å². The predicted molar refractivity (Wildman–Crippen MR) is 106 cm³/mol. The highest BCUT2D eigenvalue weighted by atomic mass is 16.5. The van der Waals surface area contributed by atoms with E-state index in [1.807, 2.05) is 6.08 Å². The average molecular weight is 391 g/mol. The Balaban J connectivity index is 1.76. The number of carbonyl (C=O) groups is 1. The van der Waals surface area contributed by atoms with E-state index in [1.54, 1.807) is 7.11 Å². The van der Waals surface area contributed by atoms with Crippen molar-refractivity contribution < 1.29 is 24.9 Å². The fourth-order valence-corrected chi connectivity index (χ4v) is 5.77. The van der Waals surface area contributed by atoms with Crippen molar-refractivity contribution in [1.29, 1.82) is 0 Å². The summed E-state index contributed by atoms with van der Waals surface area (Å²) in [5.41, 5.74) is 0.694. The van der Waals surface area contributed by atoms with Crippen molar-refractivity contribution in [3.8, 4) is 11.8 Å². The van der Waals surface area contributed by atoms with E-state index < -0.39 is 23.8 Å². The van der Waals surface area contributed by atoms with Gasteiger partial charge in [0.25, 0.3) is 0 Å². The quantitative estimate of drug-likeness (QED) is 0.496. The lowest BCUT2D eigenvalue weighted by atomic mass is 9.48. The van der Waals surface area contributed by atoms with Gasteiger partial charge in [-0.25, -0.2) is 0 Å². The fraction of sp³-hybridized carbons (Fsp3) is 0.783. The van der Waals surface area contributed by atoms with Gasteiger partial charge in [-0.15, -0.1) is 0 Å². The SMILES string of the molecule is COC12CCC(O)C(C#CC(O)C3CCCCC3)C1C(C)/C2=C/CCC(=O)O. The Labute approximate surface area is 168 Å². The number of allylic oxidation sites excluding steroid dienone is 1. The van der Waals surface area contributed by atoms with Crippen molar-refractivity contribution in [3.05, 3.63) is 11.6 Å². The molecule has 28 heavy (non-hydrogen) atoms. The number of methoxy groups -OCH3 is 1. The highest BCUT2D eigenvalue weighted by Gasteiger charge is 2.62. The summed E-state index contributed by atoms with van der Waals surface area (Å²) in [7, 11) is 1.70. The first kappa shape index (κ1) is 21.4. The van der Waals surface area contributed by atoms with E-state index in [0.717, 1.165) is 37.7 Å². The van der Waals surface area contributed by atoms with E-state index in [1.165, 1.54) is 6.42 Å². The number of carboxylic acid groups (broad SMARTS) is 1. The highest BCUT2D eigenvalue weighted by molar-refractivity contribution is 5.66. The molecule has 6 unspecified atom stereocenters. The van der Waals surface area contributed by atoms with Crippen LogP contribution in [0.25, 0.3) is 0 Å². The normalized spacial score (nSPS) is 38.1. The Morgan fingerprint density at radius 3 is 2.68 bits per heavy atom. The van der Waals surface area contributed by atoms with Crippen molar-refractivity contribution in [3.63, 3.8) is 0 Å². The predicted octanol–water partition coefficient (Wildman–Crippen LogP) is 3.14. The van der Waals surface area contributed by atoms with Gasteiger partial charge in [-0.05, 0) is 49.5 Å². The molecule has 0 spiro atoms. The summed E-state index contributed by atoms with van der Waals surface area (Å²) in [5, 5.41) is 30.1. The zero-order chi connectivity index (χ0) is 20.3. The number of aliphatic hydroxyl groups excluding tert-OH is 2. The van der Waals surface area contributed by atoms with Crippen LogP contribution in [0.1, 0.15) is 64.7 Å². The van der Waals surface area contributed by atoms with Crippen molar-refractivity contribution in [2.45, 2.75) is 82.5 Å². The van der Waals surface area contributed by atoms with Gasteiger partial charge >= 0.3 is 5.97 Å². The van der Waals surface area contributed by atoms with Gasteiger partial charge in [0.15, 0.2) is 0 Å². The molecule has 0 heterocycles. The minimum absolute atomic E-state index is 0.0726. The van der Waals surface area contributed by atoms with Crippen LogP contribution in [-0.4, -0.2) is 46.2 Å². The van der Waals surface area contributed by atoms with Gasteiger partial charge in [0.1, 0.15) is 6.10 Å². The Morgan fingerprint density at radius 1 is 1.32 bits per heavy atom. The second kappa shape index (κ2) is 8.98. The van der Waals surface area contributed by atoms with Crippen LogP contribution in [0, 0.1) is 35.5 Å². The zero-order valence-electron chi connectivity index (χ0n) is 17.1. The molecule has 156 valence electrons. The Kier molecular flexibility index (Phi) is 6.85. The molecule has 0 radical (unpaired) electrons. The van der Waals surface area contributed by atoms with Gasteiger partial charge in [-0.2, -0.15) is 0 Å². The van der Waals surface area contributed by atoms with Crippen molar-refractivity contribution in [1.82, 2.24) is 0 Å². The zero-order valence-corrected chi connectivity index (χ0v) is 17.1. The van der Waals surface area contributed by atoms with Gasteiger partial charge in [-0.1, -0.05) is 44.1 Å². The number of fused-ring (bicyclic) bond motifs is 1. The molecule has 3 rings (SSSR count). The van der Waals surface area contributed by atoms with E-state index in [0.29, 0.717) is 12.8 Å². The highest BCUT2D eigenvalue weighted by Crippen LogP contribution is 2.60. The standard InChI is InChI=1S/C23H34O5/c1-15-18(9-6-10-21(26)27)23(28-2)14-13-20(25)17(22(15)23)11-12-19(24)16-7-4-3-5-8-16/h9,15-17,19-20,22,24-25H,3-8,10,13-14H2,1-2H3,(H,26,27)/b18-9-. The maximum absolute atomic E-state index is 10.8. The summed E-state index contributed by atoms with van der Waals surface area (Å²) in [5.74, 6) is 5.79. The van der Waals surface area contributed by atoms with E-state index in [9.17, 15) is 15.0 Å². The van der Waals surface area contributed by atoms with Gasteiger partial charge < -0.3 is 20.1 Å². The molecular formula is C23H34O5. The van der Waals surface area contributed by atoms with Gasteiger partial charge in [0, 0.05) is 19.4 Å². The molecule has 3 fully saturated rings. The minimum atomic E-state index is -0.800. The molecule has 0 aliphatic heterocycles. The van der Waals surface area contributed by atoms with Crippen LogP contribution in [0.15, 0.2) is 11.6 Å². The summed E-state index contributed by atoms with van der Waals surface area (Å²) in [4.78, 5) is 10.8. The van der Waals surface area contributed by atoms with Gasteiger partial charge in [0.2, 0.25) is 0 Å². The molecule has 0 aromatic rings. The topological polar surface area (TPSA) is 87.0 Å². The number of hydrogen-bond acceptors (Lipinski definition) is 4. The number of rotatable bonds is 5. The van der Waals surface area contributed by atoms with E-state index in [4.69, 9.17) is 9.84 Å². The third kappa shape index (κ3) is 4.01. The van der Waals surface area contributed by atoms with E-state index in [2.05, 4.69) is 18.8 Å². The summed E-state index contributed by atoms with van der Waals surface area (Å²) < 4.78 is 5.96. The van der Waals surface area contributed by atoms with Crippen LogP contribution >= 0.6 is 0 Å². The lowest BCUT2D eigenvalue weighted by molar-refractivity contribution is -0.162. The molecule has 6 atom stereocenters. The molecule has 0 bridgehead atoms. The summed E-state index contributed by atoms with van der Waals surface area (Å²) in [6, 6.07) is 0. The molecule has 3 saturated carbocycles. The second-order valence-electron chi connectivity index (χ2n) is 8.76. The smallest absolute Gasteiger partial charge is 0.303 e. The Morgan fingerprint density at radius 2 is 2.04 bits per heavy atom. The Hall–Kier alpha value is -1.35. The minimum Gasteiger partial charge on any atom is -0.481 e. The maximum Gasteiger partial charge on any atom is 0.303 e. The summed E-state index contributed by atoms with van der Waals surface area (Å²) in [6.07, 6.45) is 8.43. The number of ether oxygens (including phenoxy) is 1. The second-order valence-corrected chi connectivity index (χ2v) is 8.76. The van der Waals surface area contributed by atoms with E-state index >= 15 is 0 Å². The number of hydrogen-bond donors (Lipinski definition) is 3. The monoisotopic (exact) mass is 390 g/mol. The van der Waals surface area contributed by atoms with Gasteiger partial charge in [-0.3, -0.25) is 4.79 Å². The van der Waals surface area contributed by atoms with Crippen LogP contribution in [-0.2, 0) is 9.53 Å². The van der Waals surface area contributed by atoms with Crippen LogP contribution in [0.4, 0.5) is 0 Å². The fourth-order valence-electron chi connectivity index (χ4n) is 5.77. The lowest BCUT2D eigenvalue weighted by Gasteiger charge is -2.61. The van der Waals surface area contributed by atoms with Gasteiger partial charge in [0.05, 0.1) is 17.6 Å². The molecule has 5 heteroatoms. The van der Waals surface area contributed by atoms with Crippen LogP contribution in [0.5, 0.6) is 0 Å². The first-order valence-electron chi connectivity index (χ1n) is 10.8. The maximum atomic E-state index is 10.8. The third-order valence-corrected chi connectivity index (χ3v) is 7.25. The van der Waals surface area contributed by atoms with Crippen molar-refractivity contribution in [2.24, 2.45) is 23.7 Å². The average Bonchev–Trinajstić information content (AvgIpc) is 2.70. The molecular weight excluding hydrogens is 356 g/mol. The summed E-state index contributed by atoms with van der Waals surface area (Å²) >= 11 is 0. The van der Waals surface area contributed by atoms with Crippen LogP contribution in [0.2, 0.25) is 0 Å². The number of aliphatic carboxylic acids is 1. The molecule has 3 aliphatic rings. The first-order chi connectivity index (χ1) is 13.4. The molecule has 3 aliphatic carbocycles. The summed E-state index contributed by atoms with van der Waals surface area (Å²) in [6.45, 7) is 2.11. The molecule has 0 amide bonds. The number of aliphatic hydroxyl groups is 2. The van der Waals surface area contributed by atoms with Crippen molar-refractivity contribution >= 4 is 5.97 Å².